The quantitative estimate of drug-likeness (QED) is 0.834. The maximum atomic E-state index is 12.6. The maximum Gasteiger partial charge on any atom is 0.416 e. The minimum absolute atomic E-state index is 0.0440. The molecule has 1 aromatic carbocycles. The maximum absolute atomic E-state index is 12.6. The van der Waals surface area contributed by atoms with Gasteiger partial charge in [0.05, 0.1) is 5.56 Å². The highest BCUT2D eigenvalue weighted by atomic mass is 19.4. The van der Waals surface area contributed by atoms with Crippen molar-refractivity contribution in [3.63, 3.8) is 0 Å². The van der Waals surface area contributed by atoms with E-state index in [2.05, 4.69) is 0 Å². The average Bonchev–Trinajstić information content (AvgIpc) is 2.35. The number of nitrogens with two attached hydrogens (primary N) is 1. The van der Waals surface area contributed by atoms with Gasteiger partial charge in [-0.15, -0.1) is 0 Å². The monoisotopic (exact) mass is 314 g/mol. The molecule has 0 spiro atoms. The zero-order valence-corrected chi connectivity index (χ0v) is 11.4. The second-order valence-corrected chi connectivity index (χ2v) is 4.58. The zero-order chi connectivity index (χ0) is 16.3. The van der Waals surface area contributed by atoms with Gasteiger partial charge in [-0.05, 0) is 30.2 Å². The van der Waals surface area contributed by atoms with E-state index >= 15 is 0 Å². The lowest BCUT2D eigenvalue weighted by molar-refractivity contribution is -0.137. The van der Waals surface area contributed by atoms with Crippen molar-refractivity contribution in [2.24, 2.45) is 5.73 Å². The second-order valence-electron chi connectivity index (χ2n) is 4.58. The topological polar surface area (TPSA) is 29.3 Å². The Morgan fingerprint density at radius 1 is 1.10 bits per heavy atom. The van der Waals surface area contributed by atoms with Gasteiger partial charge in [-0.2, -0.15) is 26.3 Å². The van der Waals surface area contributed by atoms with Gasteiger partial charge in [-0.25, -0.2) is 0 Å². The van der Waals surface area contributed by atoms with Gasteiger partial charge >= 0.3 is 12.4 Å². The van der Waals surface area contributed by atoms with Crippen LogP contribution >= 0.6 is 0 Å². The third kappa shape index (κ3) is 5.11. The van der Waals surface area contributed by atoms with Crippen LogP contribution in [0.3, 0.4) is 0 Å². The minimum Gasteiger partial charge on any atom is -0.362 e. The Hall–Kier alpha value is -1.44. The van der Waals surface area contributed by atoms with Crippen molar-refractivity contribution in [3.05, 3.63) is 29.3 Å². The summed E-state index contributed by atoms with van der Waals surface area (Å²) < 4.78 is 75.6. The van der Waals surface area contributed by atoms with E-state index in [0.717, 1.165) is 23.1 Å². The molecule has 2 N–H and O–H groups in total. The van der Waals surface area contributed by atoms with Gasteiger partial charge in [0.1, 0.15) is 6.54 Å². The lowest BCUT2D eigenvalue weighted by Gasteiger charge is -2.28. The highest BCUT2D eigenvalue weighted by Gasteiger charge is 2.33. The third-order valence-corrected chi connectivity index (χ3v) is 2.83. The number of alkyl halides is 6. The average molecular weight is 314 g/mol. The Bertz CT molecular complexity index is 467. The van der Waals surface area contributed by atoms with E-state index in [1.165, 1.54) is 0 Å². The predicted molar refractivity (Wildman–Crippen MR) is 67.9 cm³/mol. The van der Waals surface area contributed by atoms with Gasteiger partial charge in [0, 0.05) is 18.8 Å². The Kier molecular flexibility index (Phi) is 5.49. The molecule has 2 nitrogen and oxygen atoms in total. The molecule has 0 fully saturated rings. The van der Waals surface area contributed by atoms with Crippen LogP contribution in [0.2, 0.25) is 0 Å². The minimum atomic E-state index is -4.55. The summed E-state index contributed by atoms with van der Waals surface area (Å²) in [5, 5.41) is 0. The lowest BCUT2D eigenvalue weighted by atomic mass is 10.1. The molecule has 0 radical (unpaired) electrons. The molecule has 0 aromatic heterocycles. The van der Waals surface area contributed by atoms with E-state index in [1.54, 1.807) is 6.92 Å². The summed E-state index contributed by atoms with van der Waals surface area (Å²) in [6.07, 6.45) is -8.56. The highest BCUT2D eigenvalue weighted by Crippen LogP contribution is 2.33. The van der Waals surface area contributed by atoms with Crippen molar-refractivity contribution in [1.29, 1.82) is 0 Å². The molecule has 1 rings (SSSR count). The van der Waals surface area contributed by atoms with Gasteiger partial charge in [-0.1, -0.05) is 6.92 Å². The smallest absolute Gasteiger partial charge is 0.362 e. The standard InChI is InChI=1S/C13H16F6N2/c1-2-5-21(8-12(14,15)16)11-4-3-10(13(17,18)19)6-9(11)7-20/h3-4,6H,2,5,7-8,20H2,1H3. The first kappa shape index (κ1) is 17.6. The van der Waals surface area contributed by atoms with Crippen molar-refractivity contribution in [1.82, 2.24) is 0 Å². The van der Waals surface area contributed by atoms with Crippen LogP contribution in [0.5, 0.6) is 0 Å². The summed E-state index contributed by atoms with van der Waals surface area (Å²) >= 11 is 0. The summed E-state index contributed by atoms with van der Waals surface area (Å²) in [5.74, 6) is 0. The Morgan fingerprint density at radius 2 is 1.71 bits per heavy atom. The van der Waals surface area contributed by atoms with Gasteiger partial charge < -0.3 is 10.6 Å². The Morgan fingerprint density at radius 3 is 2.14 bits per heavy atom. The van der Waals surface area contributed by atoms with E-state index in [9.17, 15) is 26.3 Å². The van der Waals surface area contributed by atoms with Crippen molar-refractivity contribution >= 4 is 5.69 Å². The van der Waals surface area contributed by atoms with E-state index in [-0.39, 0.29) is 24.3 Å². The van der Waals surface area contributed by atoms with Crippen LogP contribution in [0.4, 0.5) is 32.0 Å². The summed E-state index contributed by atoms with van der Waals surface area (Å²) in [7, 11) is 0. The van der Waals surface area contributed by atoms with Crippen LogP contribution in [0.1, 0.15) is 24.5 Å². The summed E-state index contributed by atoms with van der Waals surface area (Å²) in [4.78, 5) is 1.00. The van der Waals surface area contributed by atoms with Crippen LogP contribution in [-0.4, -0.2) is 19.3 Å². The first-order chi connectivity index (χ1) is 9.58. The van der Waals surface area contributed by atoms with Crippen molar-refractivity contribution in [2.45, 2.75) is 32.2 Å². The molecule has 0 saturated heterocycles. The van der Waals surface area contributed by atoms with Gasteiger partial charge in [0.2, 0.25) is 0 Å². The summed E-state index contributed by atoms with van der Waals surface area (Å²) in [6.45, 7) is 0.282. The van der Waals surface area contributed by atoms with Crippen LogP contribution in [0.15, 0.2) is 18.2 Å². The number of anilines is 1. The fourth-order valence-corrected chi connectivity index (χ4v) is 2.00. The number of hydrogen-bond acceptors (Lipinski definition) is 2. The van der Waals surface area contributed by atoms with Crippen LogP contribution in [0, 0.1) is 0 Å². The molecule has 120 valence electrons. The molecule has 0 heterocycles. The molecule has 8 heteroatoms. The number of halogens is 6. The molecule has 0 unspecified atom stereocenters. The van der Waals surface area contributed by atoms with Crippen LogP contribution in [-0.2, 0) is 12.7 Å². The van der Waals surface area contributed by atoms with E-state index in [0.29, 0.717) is 6.42 Å². The predicted octanol–water partition coefficient (Wildman–Crippen LogP) is 3.94. The van der Waals surface area contributed by atoms with Crippen LogP contribution < -0.4 is 10.6 Å². The summed E-state index contributed by atoms with van der Waals surface area (Å²) in [5.41, 5.74) is 4.60. The van der Waals surface area contributed by atoms with E-state index < -0.39 is 24.5 Å². The number of hydrogen-bond donors (Lipinski definition) is 1. The van der Waals surface area contributed by atoms with Crippen molar-refractivity contribution in [2.75, 3.05) is 18.0 Å². The first-order valence-electron chi connectivity index (χ1n) is 6.30. The fourth-order valence-electron chi connectivity index (χ4n) is 2.00. The Balaban J connectivity index is 3.19. The molecular weight excluding hydrogens is 298 g/mol. The molecule has 1 aromatic rings. The lowest BCUT2D eigenvalue weighted by Crippen LogP contribution is -2.35. The summed E-state index contributed by atoms with van der Waals surface area (Å²) in [6, 6.07) is 2.62. The number of nitrogens with zero attached hydrogens (tertiary/aromatic N) is 1. The molecule has 0 atom stereocenters. The molecular formula is C13H16F6N2. The van der Waals surface area contributed by atoms with Crippen molar-refractivity contribution < 1.29 is 26.3 Å². The fraction of sp³-hybridized carbons (Fsp3) is 0.538. The second kappa shape index (κ2) is 6.55. The highest BCUT2D eigenvalue weighted by molar-refractivity contribution is 5.55. The number of benzene rings is 1. The third-order valence-electron chi connectivity index (χ3n) is 2.83. The van der Waals surface area contributed by atoms with E-state index in [4.69, 9.17) is 5.73 Å². The van der Waals surface area contributed by atoms with Gasteiger partial charge in [0.15, 0.2) is 0 Å². The molecule has 0 aliphatic heterocycles. The zero-order valence-electron chi connectivity index (χ0n) is 11.4. The van der Waals surface area contributed by atoms with Crippen LogP contribution in [0.25, 0.3) is 0 Å². The largest absolute Gasteiger partial charge is 0.416 e. The molecule has 0 aliphatic carbocycles. The Labute approximate surface area is 118 Å². The molecule has 0 saturated carbocycles. The van der Waals surface area contributed by atoms with Gasteiger partial charge in [-0.3, -0.25) is 0 Å². The molecule has 21 heavy (non-hydrogen) atoms. The molecule has 0 amide bonds. The van der Waals surface area contributed by atoms with Crippen molar-refractivity contribution in [3.8, 4) is 0 Å². The molecule has 0 bridgehead atoms. The first-order valence-corrected chi connectivity index (χ1v) is 6.30. The SMILES string of the molecule is CCCN(CC(F)(F)F)c1ccc(C(F)(F)F)cc1CN. The van der Waals surface area contributed by atoms with E-state index in [1.807, 2.05) is 0 Å². The number of rotatable bonds is 5. The normalized spacial score (nSPS) is 12.6. The molecule has 0 aliphatic rings. The van der Waals surface area contributed by atoms with Gasteiger partial charge in [0.25, 0.3) is 0 Å².